The molecule has 6 nitrogen and oxygen atoms in total. The lowest BCUT2D eigenvalue weighted by atomic mass is 9.94. The third kappa shape index (κ3) is 4.18. The van der Waals surface area contributed by atoms with E-state index in [1.165, 1.54) is 32.1 Å². The Bertz CT molecular complexity index is 719. The maximum atomic E-state index is 12.4. The van der Waals surface area contributed by atoms with Crippen molar-refractivity contribution in [3.05, 3.63) is 23.5 Å². The van der Waals surface area contributed by atoms with E-state index in [9.17, 15) is 4.79 Å². The summed E-state index contributed by atoms with van der Waals surface area (Å²) in [7, 11) is 2.15. The highest BCUT2D eigenvalue weighted by molar-refractivity contribution is 5.97. The molecular weight excluding hydrogens is 316 g/mol. The van der Waals surface area contributed by atoms with Gasteiger partial charge in [-0.25, -0.2) is 4.98 Å². The van der Waals surface area contributed by atoms with Crippen LogP contribution in [0.15, 0.2) is 16.8 Å². The van der Waals surface area contributed by atoms with Crippen LogP contribution in [0.1, 0.15) is 67.9 Å². The minimum Gasteiger partial charge on any atom is -0.351 e. The van der Waals surface area contributed by atoms with E-state index in [2.05, 4.69) is 27.4 Å². The number of nitrogens with zero attached hydrogens (tertiary/aromatic N) is 3. The molecule has 1 saturated carbocycles. The van der Waals surface area contributed by atoms with Gasteiger partial charge in [0.1, 0.15) is 0 Å². The predicted molar refractivity (Wildman–Crippen MR) is 97.7 cm³/mol. The Balaban J connectivity index is 1.57. The number of pyridine rings is 1. The lowest BCUT2D eigenvalue weighted by Crippen LogP contribution is -2.39. The average Bonchev–Trinajstić information content (AvgIpc) is 3.05. The summed E-state index contributed by atoms with van der Waals surface area (Å²) in [6, 6.07) is 2.49. The number of rotatable bonds is 6. The third-order valence-corrected chi connectivity index (χ3v) is 5.11. The van der Waals surface area contributed by atoms with E-state index in [-0.39, 0.29) is 11.8 Å². The Morgan fingerprint density at radius 2 is 2.12 bits per heavy atom. The van der Waals surface area contributed by atoms with Gasteiger partial charge in [0.2, 0.25) is 0 Å². The van der Waals surface area contributed by atoms with Crippen molar-refractivity contribution in [2.24, 2.45) is 0 Å². The molecule has 2 aromatic rings. The van der Waals surface area contributed by atoms with Crippen LogP contribution in [0.25, 0.3) is 11.1 Å². The zero-order chi connectivity index (χ0) is 17.8. The lowest BCUT2D eigenvalue weighted by molar-refractivity contribution is 0.0944. The van der Waals surface area contributed by atoms with Crippen molar-refractivity contribution in [2.75, 3.05) is 20.1 Å². The summed E-state index contributed by atoms with van der Waals surface area (Å²) in [4.78, 5) is 19.0. The number of fused-ring (bicyclic) bond motifs is 1. The van der Waals surface area contributed by atoms with Gasteiger partial charge in [-0.2, -0.15) is 0 Å². The van der Waals surface area contributed by atoms with Gasteiger partial charge in [0.15, 0.2) is 0 Å². The molecule has 2 aromatic heterocycles. The molecule has 1 fully saturated rings. The number of nitrogens with one attached hydrogen (secondary N) is 1. The first-order valence-corrected chi connectivity index (χ1v) is 9.30. The minimum absolute atomic E-state index is 0.0950. The van der Waals surface area contributed by atoms with Crippen molar-refractivity contribution in [3.8, 4) is 0 Å². The second kappa shape index (κ2) is 7.95. The Hall–Kier alpha value is -1.95. The topological polar surface area (TPSA) is 71.3 Å². The third-order valence-electron chi connectivity index (χ3n) is 5.11. The van der Waals surface area contributed by atoms with E-state index in [0.29, 0.717) is 23.9 Å². The van der Waals surface area contributed by atoms with Crippen molar-refractivity contribution < 1.29 is 9.32 Å². The lowest BCUT2D eigenvalue weighted by Gasteiger charge is -2.31. The second-order valence-electron chi connectivity index (χ2n) is 7.33. The molecule has 25 heavy (non-hydrogen) atoms. The van der Waals surface area contributed by atoms with Crippen LogP contribution < -0.4 is 5.32 Å². The van der Waals surface area contributed by atoms with Gasteiger partial charge >= 0.3 is 0 Å². The van der Waals surface area contributed by atoms with Gasteiger partial charge < -0.3 is 14.7 Å². The molecule has 1 amide bonds. The van der Waals surface area contributed by atoms with Gasteiger partial charge in [-0.15, -0.1) is 0 Å². The highest BCUT2D eigenvalue weighted by Gasteiger charge is 2.18. The summed E-state index contributed by atoms with van der Waals surface area (Å²) in [5, 5.41) is 7.88. The van der Waals surface area contributed by atoms with Crippen molar-refractivity contribution >= 4 is 17.0 Å². The van der Waals surface area contributed by atoms with Crippen molar-refractivity contribution in [2.45, 2.75) is 57.9 Å². The monoisotopic (exact) mass is 344 g/mol. The molecular formula is C19H28N4O2. The molecule has 2 heterocycles. The summed E-state index contributed by atoms with van der Waals surface area (Å²) in [6.07, 6.45) is 8.11. The maximum Gasteiger partial charge on any atom is 0.257 e. The van der Waals surface area contributed by atoms with E-state index in [1.54, 1.807) is 6.20 Å². The number of carbonyl (C=O) groups is 1. The van der Waals surface area contributed by atoms with Gasteiger partial charge in [0.05, 0.1) is 16.6 Å². The number of carbonyl (C=O) groups excluding carboxylic acids is 1. The van der Waals surface area contributed by atoms with Gasteiger partial charge in [-0.3, -0.25) is 4.79 Å². The first-order valence-electron chi connectivity index (χ1n) is 9.30. The molecule has 0 saturated heterocycles. The van der Waals surface area contributed by atoms with Crippen LogP contribution in [0.4, 0.5) is 0 Å². The Morgan fingerprint density at radius 1 is 1.36 bits per heavy atom. The Kier molecular flexibility index (Phi) is 5.68. The second-order valence-corrected chi connectivity index (χ2v) is 7.33. The highest BCUT2D eigenvalue weighted by atomic mass is 16.5. The molecule has 1 aliphatic rings. The van der Waals surface area contributed by atoms with E-state index < -0.39 is 0 Å². The molecule has 0 unspecified atom stereocenters. The van der Waals surface area contributed by atoms with Crippen LogP contribution in [0.2, 0.25) is 0 Å². The summed E-state index contributed by atoms with van der Waals surface area (Å²) in [5.41, 5.74) is 1.88. The molecule has 136 valence electrons. The molecule has 0 radical (unpaired) electrons. The van der Waals surface area contributed by atoms with E-state index in [1.807, 2.05) is 19.9 Å². The average molecular weight is 344 g/mol. The number of hydrogen-bond donors (Lipinski definition) is 1. The Morgan fingerprint density at radius 3 is 2.84 bits per heavy atom. The fourth-order valence-corrected chi connectivity index (χ4v) is 3.54. The fraction of sp³-hybridized carbons (Fsp3) is 0.632. The molecule has 0 aliphatic heterocycles. The van der Waals surface area contributed by atoms with Crippen LogP contribution >= 0.6 is 0 Å². The van der Waals surface area contributed by atoms with Gasteiger partial charge in [-0.1, -0.05) is 38.3 Å². The van der Waals surface area contributed by atoms with Crippen molar-refractivity contribution in [1.29, 1.82) is 0 Å². The number of aromatic nitrogens is 2. The van der Waals surface area contributed by atoms with Crippen LogP contribution in [0, 0.1) is 0 Å². The molecule has 1 N–H and O–H groups in total. The zero-order valence-electron chi connectivity index (χ0n) is 15.4. The van der Waals surface area contributed by atoms with Gasteiger partial charge in [0, 0.05) is 25.3 Å². The largest absolute Gasteiger partial charge is 0.351 e. The van der Waals surface area contributed by atoms with Gasteiger partial charge in [-0.05, 0) is 31.9 Å². The molecule has 6 heteroatoms. The highest BCUT2D eigenvalue weighted by Crippen LogP contribution is 2.24. The summed E-state index contributed by atoms with van der Waals surface area (Å²) >= 11 is 0. The van der Waals surface area contributed by atoms with Crippen LogP contribution in [0.5, 0.6) is 0 Å². The van der Waals surface area contributed by atoms with Crippen LogP contribution in [0.3, 0.4) is 0 Å². The predicted octanol–water partition coefficient (Wildman–Crippen LogP) is 3.34. The molecule has 0 atom stereocenters. The molecule has 0 spiro atoms. The molecule has 1 aliphatic carbocycles. The fourth-order valence-electron chi connectivity index (χ4n) is 3.54. The van der Waals surface area contributed by atoms with Crippen molar-refractivity contribution in [1.82, 2.24) is 20.4 Å². The first kappa shape index (κ1) is 17.9. The summed E-state index contributed by atoms with van der Waals surface area (Å²) < 4.78 is 5.23. The smallest absolute Gasteiger partial charge is 0.257 e. The van der Waals surface area contributed by atoms with Crippen LogP contribution in [-0.2, 0) is 0 Å². The van der Waals surface area contributed by atoms with E-state index in [0.717, 1.165) is 17.6 Å². The quantitative estimate of drug-likeness (QED) is 0.870. The number of amides is 1. The molecule has 0 bridgehead atoms. The van der Waals surface area contributed by atoms with Gasteiger partial charge in [0.25, 0.3) is 11.6 Å². The maximum absolute atomic E-state index is 12.4. The number of hydrogen-bond acceptors (Lipinski definition) is 5. The molecule has 3 rings (SSSR count). The summed E-state index contributed by atoms with van der Waals surface area (Å²) in [5.74, 6) is 0.132. The minimum atomic E-state index is -0.0950. The summed E-state index contributed by atoms with van der Waals surface area (Å²) in [6.45, 7) is 5.61. The number of likely N-dealkylation sites (N-methyl/N-ethyl adjacent to an activating group) is 1. The molecule has 0 aromatic carbocycles. The standard InChI is InChI=1S/C19H28N4O2/c1-13(2)17-16-11-14(12-21-19(16)25-22-17)18(24)20-9-10-23(3)15-7-5-4-6-8-15/h11-13,15H,4-10H2,1-3H3,(H,20,24). The van der Waals surface area contributed by atoms with Crippen LogP contribution in [-0.4, -0.2) is 47.1 Å². The normalized spacial score (nSPS) is 16.0. The Labute approximate surface area is 149 Å². The SMILES string of the molecule is CC(C)c1noc2ncc(C(=O)NCCN(C)C3CCCCC3)cc12. The van der Waals surface area contributed by atoms with Crippen molar-refractivity contribution in [3.63, 3.8) is 0 Å². The van der Waals surface area contributed by atoms with E-state index >= 15 is 0 Å². The first-order chi connectivity index (χ1) is 12.1. The van der Waals surface area contributed by atoms with E-state index in [4.69, 9.17) is 4.52 Å². The zero-order valence-corrected chi connectivity index (χ0v) is 15.4.